The van der Waals surface area contributed by atoms with Gasteiger partial charge in [-0.1, -0.05) is 18.2 Å². The van der Waals surface area contributed by atoms with Crippen molar-refractivity contribution in [3.8, 4) is 11.5 Å². The number of fused-ring (bicyclic) bond motifs is 2. The molecule has 0 saturated heterocycles. The van der Waals surface area contributed by atoms with Crippen LogP contribution in [0.15, 0.2) is 60.7 Å². The number of rotatable bonds is 8. The Balaban J connectivity index is 1.32. The summed E-state index contributed by atoms with van der Waals surface area (Å²) in [6.07, 6.45) is 1.89. The standard InChI is InChI=1S/C30H33N3O3/c1-20-21(2)33(14-6-13-32(3)4)27-11-9-23(17-26(20)27)15-22-7-5-8-24(16-22)30(34)31-25-10-12-28-29(18-25)36-19-35-28/h5,7-12,16-18H,6,13-15,19H2,1-4H3,(H,31,34). The van der Waals surface area contributed by atoms with E-state index in [4.69, 9.17) is 9.47 Å². The van der Waals surface area contributed by atoms with Gasteiger partial charge in [-0.15, -0.1) is 0 Å². The first kappa shape index (κ1) is 23.9. The van der Waals surface area contributed by atoms with Gasteiger partial charge in [-0.25, -0.2) is 0 Å². The lowest BCUT2D eigenvalue weighted by molar-refractivity contribution is 0.102. The van der Waals surface area contributed by atoms with E-state index in [1.807, 2.05) is 30.3 Å². The first-order chi connectivity index (χ1) is 17.4. The lowest BCUT2D eigenvalue weighted by Gasteiger charge is -2.12. The number of benzene rings is 3. The Morgan fingerprint density at radius 1 is 0.972 bits per heavy atom. The van der Waals surface area contributed by atoms with Gasteiger partial charge in [0.15, 0.2) is 11.5 Å². The predicted octanol–water partition coefficient (Wildman–Crippen LogP) is 5.78. The summed E-state index contributed by atoms with van der Waals surface area (Å²) in [7, 11) is 4.24. The van der Waals surface area contributed by atoms with Gasteiger partial charge < -0.3 is 24.3 Å². The molecule has 4 aromatic rings. The highest BCUT2D eigenvalue weighted by molar-refractivity contribution is 6.04. The maximum atomic E-state index is 12.9. The minimum Gasteiger partial charge on any atom is -0.454 e. The molecule has 3 aromatic carbocycles. The SMILES string of the molecule is Cc1c(C)n(CCCN(C)C)c2ccc(Cc3cccc(C(=O)Nc4ccc5c(c4)OCO5)c3)cc12. The van der Waals surface area contributed by atoms with E-state index in [1.165, 1.54) is 27.7 Å². The summed E-state index contributed by atoms with van der Waals surface area (Å²) in [4.78, 5) is 15.1. The van der Waals surface area contributed by atoms with Crippen molar-refractivity contribution in [2.45, 2.75) is 33.2 Å². The molecular formula is C30H33N3O3. The van der Waals surface area contributed by atoms with Crippen LogP contribution in [0.1, 0.15) is 39.2 Å². The van der Waals surface area contributed by atoms with Crippen molar-refractivity contribution >= 4 is 22.5 Å². The van der Waals surface area contributed by atoms with E-state index in [0.717, 1.165) is 31.5 Å². The zero-order valence-corrected chi connectivity index (χ0v) is 21.4. The average molecular weight is 484 g/mol. The minimum atomic E-state index is -0.146. The number of aryl methyl sites for hydroxylation is 2. The molecule has 0 bridgehead atoms. The van der Waals surface area contributed by atoms with Crippen LogP contribution in [-0.2, 0) is 13.0 Å². The number of hydrogen-bond acceptors (Lipinski definition) is 4. The van der Waals surface area contributed by atoms with E-state index in [1.54, 1.807) is 6.07 Å². The fourth-order valence-electron chi connectivity index (χ4n) is 4.88. The fourth-order valence-corrected chi connectivity index (χ4v) is 4.88. The Bertz CT molecular complexity index is 1420. The Morgan fingerprint density at radius 3 is 2.61 bits per heavy atom. The van der Waals surface area contributed by atoms with Crippen LogP contribution in [0.4, 0.5) is 5.69 Å². The molecule has 6 nitrogen and oxygen atoms in total. The van der Waals surface area contributed by atoms with Crippen molar-refractivity contribution in [1.29, 1.82) is 0 Å². The van der Waals surface area contributed by atoms with E-state index in [9.17, 15) is 4.79 Å². The molecule has 0 spiro atoms. The van der Waals surface area contributed by atoms with Crippen molar-refractivity contribution in [3.05, 3.63) is 88.6 Å². The van der Waals surface area contributed by atoms with Gasteiger partial charge in [0.25, 0.3) is 5.91 Å². The highest BCUT2D eigenvalue weighted by Crippen LogP contribution is 2.34. The Labute approximate surface area is 212 Å². The smallest absolute Gasteiger partial charge is 0.255 e. The zero-order valence-electron chi connectivity index (χ0n) is 21.4. The molecule has 0 saturated carbocycles. The number of carbonyl (C=O) groups is 1. The van der Waals surface area contributed by atoms with Gasteiger partial charge in [0.1, 0.15) is 0 Å². The van der Waals surface area contributed by atoms with Crippen LogP contribution in [-0.4, -0.2) is 42.8 Å². The third-order valence-corrected chi connectivity index (χ3v) is 6.92. The number of ether oxygens (including phenoxy) is 2. The molecule has 36 heavy (non-hydrogen) atoms. The quantitative estimate of drug-likeness (QED) is 0.345. The van der Waals surface area contributed by atoms with Crippen LogP contribution < -0.4 is 14.8 Å². The van der Waals surface area contributed by atoms with E-state index >= 15 is 0 Å². The molecule has 2 heterocycles. The Morgan fingerprint density at radius 2 is 1.78 bits per heavy atom. The topological polar surface area (TPSA) is 55.7 Å². The highest BCUT2D eigenvalue weighted by Gasteiger charge is 2.15. The van der Waals surface area contributed by atoms with E-state index in [0.29, 0.717) is 22.7 Å². The molecule has 0 atom stereocenters. The maximum Gasteiger partial charge on any atom is 0.255 e. The minimum absolute atomic E-state index is 0.146. The van der Waals surface area contributed by atoms with Gasteiger partial charge in [-0.3, -0.25) is 4.79 Å². The molecule has 1 N–H and O–H groups in total. The van der Waals surface area contributed by atoms with Crippen molar-refractivity contribution in [3.63, 3.8) is 0 Å². The summed E-state index contributed by atoms with van der Waals surface area (Å²) in [5.41, 5.74) is 7.63. The van der Waals surface area contributed by atoms with Gasteiger partial charge >= 0.3 is 0 Å². The van der Waals surface area contributed by atoms with Gasteiger partial charge in [-0.2, -0.15) is 0 Å². The van der Waals surface area contributed by atoms with Gasteiger partial charge in [-0.05, 0) is 100 Å². The molecule has 6 heteroatoms. The monoisotopic (exact) mass is 483 g/mol. The molecule has 1 amide bonds. The van der Waals surface area contributed by atoms with Crippen LogP contribution in [0.5, 0.6) is 11.5 Å². The van der Waals surface area contributed by atoms with E-state index < -0.39 is 0 Å². The van der Waals surface area contributed by atoms with Crippen molar-refractivity contribution < 1.29 is 14.3 Å². The molecule has 0 aliphatic carbocycles. The Hall–Kier alpha value is -3.77. The maximum absolute atomic E-state index is 12.9. The molecule has 0 unspecified atom stereocenters. The van der Waals surface area contributed by atoms with Gasteiger partial charge in [0, 0.05) is 40.5 Å². The second kappa shape index (κ2) is 10.1. The second-order valence-electron chi connectivity index (χ2n) is 9.77. The third-order valence-electron chi connectivity index (χ3n) is 6.92. The normalized spacial score (nSPS) is 12.5. The molecular weight excluding hydrogens is 450 g/mol. The van der Waals surface area contributed by atoms with Gasteiger partial charge in [0.05, 0.1) is 0 Å². The number of nitrogens with one attached hydrogen (secondary N) is 1. The first-order valence-corrected chi connectivity index (χ1v) is 12.4. The molecule has 5 rings (SSSR count). The number of carbonyl (C=O) groups excluding carboxylic acids is 1. The van der Waals surface area contributed by atoms with Gasteiger partial charge in [0.2, 0.25) is 6.79 Å². The molecule has 0 radical (unpaired) electrons. The summed E-state index contributed by atoms with van der Waals surface area (Å²) in [6, 6.07) is 20.0. The van der Waals surface area contributed by atoms with Crippen molar-refractivity contribution in [1.82, 2.24) is 9.47 Å². The second-order valence-corrected chi connectivity index (χ2v) is 9.77. The van der Waals surface area contributed by atoms with Crippen LogP contribution in [0, 0.1) is 13.8 Å². The summed E-state index contributed by atoms with van der Waals surface area (Å²) in [5.74, 6) is 1.20. The fraction of sp³-hybridized carbons (Fsp3) is 0.300. The predicted molar refractivity (Wildman–Crippen MR) is 144 cm³/mol. The lowest BCUT2D eigenvalue weighted by atomic mass is 10.0. The molecule has 186 valence electrons. The number of aromatic nitrogens is 1. The van der Waals surface area contributed by atoms with E-state index in [2.05, 4.69) is 67.0 Å². The number of hydrogen-bond donors (Lipinski definition) is 1. The number of amides is 1. The van der Waals surface area contributed by atoms with Crippen molar-refractivity contribution in [2.24, 2.45) is 0 Å². The van der Waals surface area contributed by atoms with Crippen LogP contribution in [0.3, 0.4) is 0 Å². The summed E-state index contributed by atoms with van der Waals surface area (Å²) in [5, 5.41) is 4.27. The van der Waals surface area contributed by atoms with Crippen LogP contribution >= 0.6 is 0 Å². The average Bonchev–Trinajstić information content (AvgIpc) is 3.42. The highest BCUT2D eigenvalue weighted by atomic mass is 16.7. The van der Waals surface area contributed by atoms with Crippen molar-refractivity contribution in [2.75, 3.05) is 32.7 Å². The van der Waals surface area contributed by atoms with Crippen LogP contribution in [0.25, 0.3) is 10.9 Å². The molecule has 1 aliphatic heterocycles. The molecule has 1 aliphatic rings. The zero-order chi connectivity index (χ0) is 25.2. The Kier molecular flexibility index (Phi) is 6.70. The summed E-state index contributed by atoms with van der Waals surface area (Å²) in [6.45, 7) is 6.74. The van der Waals surface area contributed by atoms with E-state index in [-0.39, 0.29) is 12.7 Å². The summed E-state index contributed by atoms with van der Waals surface area (Å²) >= 11 is 0. The largest absolute Gasteiger partial charge is 0.454 e. The number of anilines is 1. The lowest BCUT2D eigenvalue weighted by Crippen LogP contribution is -2.15. The third kappa shape index (κ3) is 4.95. The van der Waals surface area contributed by atoms with Crippen LogP contribution in [0.2, 0.25) is 0 Å². The number of nitrogens with zero attached hydrogens (tertiary/aromatic N) is 2. The molecule has 0 fully saturated rings. The first-order valence-electron chi connectivity index (χ1n) is 12.4. The molecule has 1 aromatic heterocycles. The summed E-state index contributed by atoms with van der Waals surface area (Å²) < 4.78 is 13.2.